The fraction of sp³-hybridized carbons (Fsp3) is 0.814. The number of ether oxygens (including phenoxy) is 4. The number of allylic oxidation sites excluding steroid dienone is 10. The lowest BCUT2D eigenvalue weighted by molar-refractivity contribution is -0.301. The smallest absolute Gasteiger partial charge is 0.397 e. The van der Waals surface area contributed by atoms with E-state index in [0.29, 0.717) is 13.0 Å². The summed E-state index contributed by atoms with van der Waals surface area (Å²) < 4.78 is 59.4. The van der Waals surface area contributed by atoms with E-state index in [1.54, 1.807) is 0 Å². The topological polar surface area (TPSA) is 178 Å². The average molecular weight is 1040 g/mol. The molecule has 420 valence electrons. The average Bonchev–Trinajstić information content (AvgIpc) is 3.36. The molecule has 6 atom stereocenters. The molecule has 0 saturated carbocycles. The molecule has 0 aromatic carbocycles. The van der Waals surface area contributed by atoms with E-state index in [4.69, 9.17) is 18.9 Å². The monoisotopic (exact) mass is 1040 g/mol. The molecule has 13 heteroatoms. The van der Waals surface area contributed by atoms with Crippen molar-refractivity contribution < 1.29 is 56.2 Å². The molecular weight excluding hydrogens is 933 g/mol. The highest BCUT2D eigenvalue weighted by Gasteiger charge is 2.48. The Kier molecular flexibility index (Phi) is 46.8. The molecule has 1 aliphatic rings. The van der Waals surface area contributed by atoms with Gasteiger partial charge in [0.05, 0.1) is 19.8 Å². The van der Waals surface area contributed by atoms with Gasteiger partial charge in [0.15, 0.2) is 6.29 Å². The lowest BCUT2D eigenvalue weighted by Crippen LogP contribution is -2.60. The number of hydrogen-bond donors (Lipinski definition) is 4. The Hall–Kier alpha value is -2.20. The van der Waals surface area contributed by atoms with Crippen LogP contribution in [-0.2, 0) is 38.3 Å². The Balaban J connectivity index is 2.31. The highest BCUT2D eigenvalue weighted by Crippen LogP contribution is 2.26. The van der Waals surface area contributed by atoms with Crippen molar-refractivity contribution in [3.05, 3.63) is 60.8 Å². The Morgan fingerprint density at radius 2 is 0.917 bits per heavy atom. The first kappa shape index (κ1) is 67.8. The van der Waals surface area contributed by atoms with Crippen LogP contribution in [0.3, 0.4) is 0 Å². The summed E-state index contributed by atoms with van der Waals surface area (Å²) in [6.07, 6.45) is 55.4. The van der Waals surface area contributed by atoms with Crippen LogP contribution in [0, 0.1) is 0 Å². The van der Waals surface area contributed by atoms with Crippen LogP contribution in [0.1, 0.15) is 245 Å². The summed E-state index contributed by atoms with van der Waals surface area (Å²) in [4.78, 5) is 13.0. The Morgan fingerprint density at radius 1 is 0.528 bits per heavy atom. The number of esters is 1. The molecule has 6 unspecified atom stereocenters. The molecule has 0 aliphatic carbocycles. The fourth-order valence-corrected chi connectivity index (χ4v) is 9.22. The van der Waals surface area contributed by atoms with Crippen molar-refractivity contribution in [2.45, 2.75) is 282 Å². The summed E-state index contributed by atoms with van der Waals surface area (Å²) in [6, 6.07) is 0. The van der Waals surface area contributed by atoms with Crippen LogP contribution < -0.4 is 0 Å². The third-order valence-corrected chi connectivity index (χ3v) is 13.6. The maximum atomic E-state index is 13.0. The van der Waals surface area contributed by atoms with Gasteiger partial charge in [0.1, 0.15) is 30.5 Å². The predicted molar refractivity (Wildman–Crippen MR) is 294 cm³/mol. The zero-order valence-electron chi connectivity index (χ0n) is 45.5. The third kappa shape index (κ3) is 42.1. The second kappa shape index (κ2) is 49.7. The van der Waals surface area contributed by atoms with E-state index in [0.717, 1.165) is 77.0 Å². The minimum Gasteiger partial charge on any atom is -0.457 e. The van der Waals surface area contributed by atoms with Crippen molar-refractivity contribution >= 4 is 16.4 Å². The lowest BCUT2D eigenvalue weighted by atomic mass is 9.99. The van der Waals surface area contributed by atoms with E-state index in [-0.39, 0.29) is 19.6 Å². The molecule has 0 bridgehead atoms. The van der Waals surface area contributed by atoms with Crippen LogP contribution in [0.5, 0.6) is 0 Å². The molecule has 0 radical (unpaired) electrons. The van der Waals surface area contributed by atoms with Crippen molar-refractivity contribution in [2.24, 2.45) is 0 Å². The number of hydrogen-bond acceptors (Lipinski definition) is 11. The van der Waals surface area contributed by atoms with Gasteiger partial charge in [-0.05, 0) is 83.5 Å². The second-order valence-electron chi connectivity index (χ2n) is 19.9. The number of aliphatic hydroxyl groups excluding tert-OH is 3. The number of rotatable bonds is 51. The summed E-state index contributed by atoms with van der Waals surface area (Å²) in [5, 5.41) is 30.8. The second-order valence-corrected chi connectivity index (χ2v) is 20.9. The van der Waals surface area contributed by atoms with E-state index in [1.165, 1.54) is 141 Å². The van der Waals surface area contributed by atoms with Gasteiger partial charge in [0.25, 0.3) is 0 Å². The molecule has 1 aliphatic heterocycles. The van der Waals surface area contributed by atoms with Crippen LogP contribution in [0.2, 0.25) is 0 Å². The van der Waals surface area contributed by atoms with Gasteiger partial charge in [-0.3, -0.25) is 9.35 Å². The Labute approximate surface area is 439 Å². The largest absolute Gasteiger partial charge is 0.457 e. The highest BCUT2D eigenvalue weighted by atomic mass is 32.3. The summed E-state index contributed by atoms with van der Waals surface area (Å²) in [5.41, 5.74) is 0. The van der Waals surface area contributed by atoms with E-state index in [2.05, 4.69) is 78.8 Å². The zero-order chi connectivity index (χ0) is 52.4. The van der Waals surface area contributed by atoms with E-state index in [1.807, 2.05) is 0 Å². The van der Waals surface area contributed by atoms with Gasteiger partial charge in [0.2, 0.25) is 0 Å². The van der Waals surface area contributed by atoms with Crippen molar-refractivity contribution in [2.75, 3.05) is 26.4 Å². The minimum atomic E-state index is -5.07. The summed E-state index contributed by atoms with van der Waals surface area (Å²) in [6.45, 7) is 3.98. The van der Waals surface area contributed by atoms with Gasteiger partial charge in [-0.15, -0.1) is 0 Å². The van der Waals surface area contributed by atoms with E-state index < -0.39 is 59.8 Å². The van der Waals surface area contributed by atoms with Gasteiger partial charge in [-0.25, -0.2) is 4.18 Å². The summed E-state index contributed by atoms with van der Waals surface area (Å²) in [5.74, 6) is -0.410. The molecule has 1 saturated heterocycles. The van der Waals surface area contributed by atoms with Gasteiger partial charge < -0.3 is 34.3 Å². The SMILES string of the molecule is CCCCCCC/C=C\C/C=C\C/C=C\CCCCCCCCC(=O)OC(COCCCCCCCCCCCCCC/C=C\C/C=C\CCCCCCC)COC1OC(CO)C(O)C(OS(=O)(=O)O)C1O. The lowest BCUT2D eigenvalue weighted by Gasteiger charge is -2.41. The third-order valence-electron chi connectivity index (χ3n) is 13.1. The maximum Gasteiger partial charge on any atom is 0.397 e. The highest BCUT2D eigenvalue weighted by molar-refractivity contribution is 7.80. The predicted octanol–water partition coefficient (Wildman–Crippen LogP) is 14.4. The molecule has 1 heterocycles. The molecule has 1 fully saturated rings. The van der Waals surface area contributed by atoms with Crippen molar-refractivity contribution in [1.82, 2.24) is 0 Å². The molecule has 0 spiro atoms. The molecule has 4 N–H and O–H groups in total. The van der Waals surface area contributed by atoms with Crippen LogP contribution in [-0.4, -0.2) is 97.5 Å². The molecule has 0 aromatic rings. The van der Waals surface area contributed by atoms with E-state index in [9.17, 15) is 33.1 Å². The maximum absolute atomic E-state index is 13.0. The number of aliphatic hydroxyl groups is 3. The first-order chi connectivity index (χ1) is 35.1. The van der Waals surface area contributed by atoms with Gasteiger partial charge in [-0.1, -0.05) is 216 Å². The van der Waals surface area contributed by atoms with Gasteiger partial charge >= 0.3 is 16.4 Å². The fourth-order valence-electron chi connectivity index (χ4n) is 8.71. The van der Waals surface area contributed by atoms with Crippen molar-refractivity contribution in [3.8, 4) is 0 Å². The molecular formula is C59H106O12S. The molecule has 0 amide bonds. The quantitative estimate of drug-likeness (QED) is 0.0196. The zero-order valence-corrected chi connectivity index (χ0v) is 46.3. The molecule has 72 heavy (non-hydrogen) atoms. The normalized spacial score (nSPS) is 19.3. The standard InChI is InChI=1S/C59H106O12S/c1-3-5-7-9-11-13-15-17-19-21-23-25-26-27-29-31-33-35-37-39-41-43-45-47-49-67-51-53(52-68-59-57(63)58(71-72(64,65)66)56(62)54(50-60)70-59)69-55(61)48-46-44-42-40-38-36-34-32-30-28-24-22-20-18-16-14-12-10-8-6-4-2/h15-18,21-24,30,32,53-54,56-60,62-63H,3-14,19-20,25-29,31,33-52H2,1-2H3,(H,64,65,66)/b17-15-,18-16-,23-21-,24-22-,32-30-. The summed E-state index contributed by atoms with van der Waals surface area (Å²) >= 11 is 0. The first-order valence-electron chi connectivity index (χ1n) is 29.0. The molecule has 12 nitrogen and oxygen atoms in total. The number of carbonyl (C=O) groups excluding carboxylic acids is 1. The molecule has 0 aromatic heterocycles. The van der Waals surface area contributed by atoms with Crippen LogP contribution in [0.25, 0.3) is 0 Å². The van der Waals surface area contributed by atoms with E-state index >= 15 is 0 Å². The van der Waals surface area contributed by atoms with Crippen LogP contribution in [0.4, 0.5) is 0 Å². The van der Waals surface area contributed by atoms with Gasteiger partial charge in [0, 0.05) is 13.0 Å². The van der Waals surface area contributed by atoms with Crippen molar-refractivity contribution in [1.29, 1.82) is 0 Å². The minimum absolute atomic E-state index is 0.0284. The Bertz CT molecular complexity index is 1480. The number of unbranched alkanes of at least 4 members (excludes halogenated alkanes) is 28. The van der Waals surface area contributed by atoms with Crippen LogP contribution >= 0.6 is 0 Å². The first-order valence-corrected chi connectivity index (χ1v) is 30.4. The van der Waals surface area contributed by atoms with Crippen molar-refractivity contribution in [3.63, 3.8) is 0 Å². The van der Waals surface area contributed by atoms with Crippen LogP contribution in [0.15, 0.2) is 60.8 Å². The number of carbonyl (C=O) groups is 1. The van der Waals surface area contributed by atoms with Gasteiger partial charge in [-0.2, -0.15) is 8.42 Å². The Morgan fingerprint density at radius 3 is 1.33 bits per heavy atom. The molecule has 1 rings (SSSR count). The summed E-state index contributed by atoms with van der Waals surface area (Å²) in [7, 11) is -5.07.